The number of hydrogen-bond donors (Lipinski definition) is 1. The normalized spacial score (nSPS) is 9.55. The average molecular weight is 153 g/mol. The van der Waals surface area contributed by atoms with Gasteiger partial charge in [0.25, 0.3) is 0 Å². The molecule has 0 saturated heterocycles. The van der Waals surface area contributed by atoms with E-state index < -0.39 is 11.8 Å². The molecule has 0 atom stereocenters. The Morgan fingerprint density at radius 1 is 1.73 bits per heavy atom. The lowest BCUT2D eigenvalue weighted by Crippen LogP contribution is -2.13. The van der Waals surface area contributed by atoms with Gasteiger partial charge in [0, 0.05) is 0 Å². The van der Waals surface area contributed by atoms with Gasteiger partial charge in [-0.3, -0.25) is 4.98 Å². The predicted octanol–water partition coefficient (Wildman–Crippen LogP) is -0.823. The lowest BCUT2D eigenvalue weighted by molar-refractivity contribution is 0.0692. The van der Waals surface area contributed by atoms with E-state index in [2.05, 4.69) is 4.98 Å². The Morgan fingerprint density at radius 3 is 2.82 bits per heavy atom. The highest BCUT2D eigenvalue weighted by Gasteiger charge is 2.09. The molecule has 1 N–H and O–H groups in total. The molecule has 0 unspecified atom stereocenters. The number of carboxylic acids is 1. The minimum Gasteiger partial charge on any atom is -0.478 e. The van der Waals surface area contributed by atoms with Gasteiger partial charge in [0.15, 0.2) is 13.7 Å². The van der Waals surface area contributed by atoms with Gasteiger partial charge in [-0.15, -0.1) is 0 Å². The highest BCUT2D eigenvalue weighted by Crippen LogP contribution is 2.01. The van der Waals surface area contributed by atoms with E-state index in [1.165, 1.54) is 6.07 Å². The van der Waals surface area contributed by atoms with Crippen molar-refractivity contribution in [3.8, 4) is 0 Å². The van der Waals surface area contributed by atoms with E-state index in [4.69, 9.17) is 5.11 Å². The molecule has 0 bridgehead atoms. The Morgan fingerprint density at radius 2 is 2.36 bits per heavy atom. The summed E-state index contributed by atoms with van der Waals surface area (Å²) in [5.74, 6) is -2.07. The topological polar surface area (TPSA) is 50.2 Å². The number of aromatic carboxylic acids is 1. The Labute approximate surface area is 63.3 Å². The lowest BCUT2D eigenvalue weighted by atomic mass is 10.0. The molecule has 5 heteroatoms. The average Bonchev–Trinajstić information content (AvgIpc) is 1.94. The first-order valence-corrected chi connectivity index (χ1v) is 2.96. The first-order chi connectivity index (χ1) is 5.11. The Bertz CT molecular complexity index is 303. The number of rotatable bonds is 1. The largest absolute Gasteiger partial charge is 0.478 e. The van der Waals surface area contributed by atoms with Crippen molar-refractivity contribution in [2.75, 3.05) is 0 Å². The zero-order valence-electron chi connectivity index (χ0n) is 5.84. The van der Waals surface area contributed by atoms with Gasteiger partial charge in [0.1, 0.15) is 0 Å². The summed E-state index contributed by atoms with van der Waals surface area (Å²) in [5, 5.41) is 8.42. The molecule has 0 aromatic carbocycles. The van der Waals surface area contributed by atoms with E-state index in [-0.39, 0.29) is 5.56 Å². The fourth-order valence-corrected chi connectivity index (χ4v) is 0.707. The molecule has 0 saturated carbocycles. The van der Waals surface area contributed by atoms with Crippen LogP contribution >= 0.6 is 0 Å². The molecule has 3 nitrogen and oxygen atoms in total. The molecule has 56 valence electrons. The monoisotopic (exact) mass is 153 g/mol. The van der Waals surface area contributed by atoms with Crippen LogP contribution in [0.5, 0.6) is 0 Å². The fraction of sp³-hybridized carbons (Fsp3) is 0. The zero-order chi connectivity index (χ0) is 8.43. The van der Waals surface area contributed by atoms with Gasteiger partial charge in [-0.1, -0.05) is 0 Å². The van der Waals surface area contributed by atoms with Crippen LogP contribution in [0.2, 0.25) is 0 Å². The Kier molecular flexibility index (Phi) is 1.89. The van der Waals surface area contributed by atoms with E-state index >= 15 is 0 Å². The summed E-state index contributed by atoms with van der Waals surface area (Å²) in [6, 6.07) is 1.19. The van der Waals surface area contributed by atoms with Gasteiger partial charge >= 0.3 is 5.97 Å². The molecule has 1 rings (SSSR count). The maximum absolute atomic E-state index is 12.6. The third-order valence-corrected chi connectivity index (χ3v) is 1.22. The lowest BCUT2D eigenvalue weighted by Gasteiger charge is -1.96. The zero-order valence-corrected chi connectivity index (χ0v) is 5.84. The number of aromatic nitrogens is 1. The summed E-state index contributed by atoms with van der Waals surface area (Å²) in [7, 11) is 1.60. The molecule has 0 amide bonds. The van der Waals surface area contributed by atoms with Gasteiger partial charge in [-0.05, 0) is 11.7 Å². The summed E-state index contributed by atoms with van der Waals surface area (Å²) in [4.78, 5) is 13.9. The van der Waals surface area contributed by atoms with Crippen LogP contribution in [0.1, 0.15) is 10.4 Å². The Hall–Kier alpha value is -1.39. The van der Waals surface area contributed by atoms with E-state index in [1.54, 1.807) is 7.85 Å². The molecule has 1 heterocycles. The second kappa shape index (κ2) is 2.69. The highest BCUT2D eigenvalue weighted by molar-refractivity contribution is 6.30. The van der Waals surface area contributed by atoms with Crippen molar-refractivity contribution in [1.82, 2.24) is 4.98 Å². The standard InChI is InChI=1S/C6H5BFNO2/c7-5-1-3(6(10)11)4(8)2-9-5/h1-2H,7H2,(H,10,11). The van der Waals surface area contributed by atoms with Crippen molar-refractivity contribution in [2.45, 2.75) is 0 Å². The second-order valence-electron chi connectivity index (χ2n) is 2.11. The molecule has 0 radical (unpaired) electrons. The molecule has 1 aromatic heterocycles. The summed E-state index contributed by atoms with van der Waals surface area (Å²) < 4.78 is 12.6. The van der Waals surface area contributed by atoms with Gasteiger partial charge in [-0.2, -0.15) is 0 Å². The molecule has 0 aliphatic rings. The van der Waals surface area contributed by atoms with Crippen LogP contribution in [0.3, 0.4) is 0 Å². The van der Waals surface area contributed by atoms with E-state index in [0.29, 0.717) is 5.59 Å². The van der Waals surface area contributed by atoms with E-state index in [9.17, 15) is 9.18 Å². The summed E-state index contributed by atoms with van der Waals surface area (Å²) in [6.45, 7) is 0. The molecular formula is C6H5BFNO2. The van der Waals surface area contributed by atoms with E-state index in [1.807, 2.05) is 0 Å². The molecule has 0 spiro atoms. The smallest absolute Gasteiger partial charge is 0.338 e. The molecule has 1 aromatic rings. The SMILES string of the molecule is Bc1cc(C(=O)O)c(F)cn1. The van der Waals surface area contributed by atoms with Crippen molar-refractivity contribution in [3.05, 3.63) is 23.6 Å². The predicted molar refractivity (Wildman–Crippen MR) is 39.3 cm³/mol. The quantitative estimate of drug-likeness (QED) is 0.536. The first kappa shape index (κ1) is 7.72. The molecule has 11 heavy (non-hydrogen) atoms. The number of halogens is 1. The van der Waals surface area contributed by atoms with Crippen LogP contribution in [0.15, 0.2) is 12.3 Å². The Balaban J connectivity index is 3.23. The van der Waals surface area contributed by atoms with Crippen LogP contribution in [0.4, 0.5) is 4.39 Å². The maximum Gasteiger partial charge on any atom is 0.338 e. The van der Waals surface area contributed by atoms with Gasteiger partial charge in [0.2, 0.25) is 0 Å². The van der Waals surface area contributed by atoms with Crippen molar-refractivity contribution >= 4 is 19.4 Å². The minimum absolute atomic E-state index is 0.336. The van der Waals surface area contributed by atoms with Crippen molar-refractivity contribution in [3.63, 3.8) is 0 Å². The van der Waals surface area contributed by atoms with Gasteiger partial charge < -0.3 is 5.11 Å². The number of hydrogen-bond acceptors (Lipinski definition) is 2. The molecule has 0 aliphatic carbocycles. The van der Waals surface area contributed by atoms with Crippen LogP contribution in [0, 0.1) is 5.82 Å². The second-order valence-corrected chi connectivity index (χ2v) is 2.11. The summed E-state index contributed by atoms with van der Waals surface area (Å²) >= 11 is 0. The van der Waals surface area contributed by atoms with Crippen LogP contribution in [-0.4, -0.2) is 23.9 Å². The van der Waals surface area contributed by atoms with Crippen LogP contribution < -0.4 is 5.59 Å². The molecule has 0 fully saturated rings. The molecule has 0 aliphatic heterocycles. The van der Waals surface area contributed by atoms with Crippen molar-refractivity contribution < 1.29 is 14.3 Å². The summed E-state index contributed by atoms with van der Waals surface area (Å²) in [5.41, 5.74) is 0.154. The first-order valence-electron chi connectivity index (χ1n) is 2.96. The van der Waals surface area contributed by atoms with Crippen LogP contribution in [0.25, 0.3) is 0 Å². The number of carbonyl (C=O) groups is 1. The number of carboxylic acid groups (broad SMARTS) is 1. The van der Waals surface area contributed by atoms with Crippen molar-refractivity contribution in [1.29, 1.82) is 0 Å². The van der Waals surface area contributed by atoms with Crippen molar-refractivity contribution in [2.24, 2.45) is 0 Å². The third-order valence-electron chi connectivity index (χ3n) is 1.22. The number of nitrogens with zero attached hydrogens (tertiary/aromatic N) is 1. The highest BCUT2D eigenvalue weighted by atomic mass is 19.1. The van der Waals surface area contributed by atoms with Crippen LogP contribution in [-0.2, 0) is 0 Å². The number of pyridine rings is 1. The van der Waals surface area contributed by atoms with Gasteiger partial charge in [-0.25, -0.2) is 9.18 Å². The third kappa shape index (κ3) is 1.55. The minimum atomic E-state index is -1.27. The fourth-order valence-electron chi connectivity index (χ4n) is 0.707. The molecular weight excluding hydrogens is 148 g/mol. The van der Waals surface area contributed by atoms with Gasteiger partial charge in [0.05, 0.1) is 11.8 Å². The maximum atomic E-state index is 12.6. The van der Waals surface area contributed by atoms with E-state index in [0.717, 1.165) is 6.20 Å². The summed E-state index contributed by atoms with van der Waals surface area (Å²) in [6.07, 6.45) is 0.902.